The Morgan fingerprint density at radius 1 is 0.923 bits per heavy atom. The molecule has 3 aromatic rings. The maximum Gasteiger partial charge on any atom is 0.326 e. The number of rotatable bonds is 13. The highest BCUT2D eigenvalue weighted by Gasteiger charge is 2.32. The predicted octanol–water partition coefficient (Wildman–Crippen LogP) is 1.20. The number of hydrogen-bond acceptors (Lipinski definition) is 6. The molecule has 39 heavy (non-hydrogen) atoms. The summed E-state index contributed by atoms with van der Waals surface area (Å²) in [6.07, 6.45) is 2.37. The van der Waals surface area contributed by atoms with E-state index in [0.717, 1.165) is 16.5 Å². The van der Waals surface area contributed by atoms with Gasteiger partial charge in [-0.1, -0.05) is 50.6 Å². The lowest BCUT2D eigenvalue weighted by Gasteiger charge is -2.28. The van der Waals surface area contributed by atoms with Crippen LogP contribution in [0.5, 0.6) is 5.75 Å². The van der Waals surface area contributed by atoms with Crippen LogP contribution in [0, 0.1) is 5.92 Å². The van der Waals surface area contributed by atoms with Crippen molar-refractivity contribution < 1.29 is 29.4 Å². The highest BCUT2D eigenvalue weighted by atomic mass is 16.4. The smallest absolute Gasteiger partial charge is 0.326 e. The number of phenolic OH excluding ortho intramolecular Hbond substituents is 1. The zero-order valence-corrected chi connectivity index (χ0v) is 21.9. The molecule has 0 aliphatic heterocycles. The molecule has 2 aromatic carbocycles. The highest BCUT2D eigenvalue weighted by molar-refractivity contribution is 5.94. The average Bonchev–Trinajstić information content (AvgIpc) is 3.34. The summed E-state index contributed by atoms with van der Waals surface area (Å²) in [6.45, 7) is 3.29. The molecule has 1 heterocycles. The summed E-state index contributed by atoms with van der Waals surface area (Å²) in [5, 5.41) is 28.1. The molecule has 4 unspecified atom stereocenters. The van der Waals surface area contributed by atoms with Crippen LogP contribution >= 0.6 is 0 Å². The number of amides is 3. The summed E-state index contributed by atoms with van der Waals surface area (Å²) >= 11 is 0. The van der Waals surface area contributed by atoms with Gasteiger partial charge in [-0.25, -0.2) is 4.79 Å². The molecule has 208 valence electrons. The number of aliphatic carboxylic acids is 1. The second-order valence-electron chi connectivity index (χ2n) is 9.53. The van der Waals surface area contributed by atoms with Gasteiger partial charge in [0.15, 0.2) is 0 Å². The van der Waals surface area contributed by atoms with E-state index in [1.165, 1.54) is 12.1 Å². The zero-order chi connectivity index (χ0) is 28.5. The number of phenols is 1. The number of fused-ring (bicyclic) bond motifs is 1. The standard InChI is InChI=1S/C28H35N5O6/c1-3-16(2)25(33-26(36)22(31-24(35)14-29)12-17-8-10-19(34)11-9-17)27(37)32-23(28(38)39)13-18-15-30-21-7-5-4-6-20(18)21/h4-11,15-16,22-23,25,30,34H,3,12-14,29H2,1-2H3,(H,31,35)(H,32,37)(H,33,36)(H,38,39). The number of carboxylic acid groups (broad SMARTS) is 1. The van der Waals surface area contributed by atoms with Crippen LogP contribution in [0.2, 0.25) is 0 Å². The molecule has 1 aromatic heterocycles. The number of nitrogens with one attached hydrogen (secondary N) is 4. The van der Waals surface area contributed by atoms with Gasteiger partial charge in [-0.15, -0.1) is 0 Å². The molecule has 0 saturated carbocycles. The molecule has 4 atom stereocenters. The van der Waals surface area contributed by atoms with Crippen LogP contribution in [0.1, 0.15) is 31.4 Å². The molecular weight excluding hydrogens is 502 g/mol. The van der Waals surface area contributed by atoms with Crippen LogP contribution in [0.3, 0.4) is 0 Å². The number of nitrogens with two attached hydrogens (primary N) is 1. The van der Waals surface area contributed by atoms with Gasteiger partial charge in [0.25, 0.3) is 0 Å². The summed E-state index contributed by atoms with van der Waals surface area (Å²) in [5.41, 5.74) is 7.68. The summed E-state index contributed by atoms with van der Waals surface area (Å²) < 4.78 is 0. The molecule has 3 rings (SSSR count). The van der Waals surface area contributed by atoms with E-state index >= 15 is 0 Å². The first-order valence-electron chi connectivity index (χ1n) is 12.8. The van der Waals surface area contributed by atoms with E-state index in [1.54, 1.807) is 25.3 Å². The van der Waals surface area contributed by atoms with E-state index in [0.29, 0.717) is 12.0 Å². The molecule has 0 aliphatic carbocycles. The second kappa shape index (κ2) is 13.4. The van der Waals surface area contributed by atoms with Crippen LogP contribution in [0.4, 0.5) is 0 Å². The number of hydrogen-bond donors (Lipinski definition) is 7. The molecule has 0 fully saturated rings. The van der Waals surface area contributed by atoms with E-state index in [1.807, 2.05) is 31.2 Å². The molecule has 0 aliphatic rings. The number of carbonyl (C=O) groups excluding carboxylic acids is 3. The minimum Gasteiger partial charge on any atom is -0.508 e. The number of carboxylic acids is 1. The minimum absolute atomic E-state index is 0.0439. The second-order valence-corrected chi connectivity index (χ2v) is 9.53. The number of carbonyl (C=O) groups is 4. The monoisotopic (exact) mass is 537 g/mol. The van der Waals surface area contributed by atoms with Gasteiger partial charge in [0, 0.05) is 29.9 Å². The molecule has 0 radical (unpaired) electrons. The lowest BCUT2D eigenvalue weighted by atomic mass is 9.96. The van der Waals surface area contributed by atoms with Gasteiger partial charge in [0.05, 0.1) is 6.54 Å². The van der Waals surface area contributed by atoms with Gasteiger partial charge in [0.2, 0.25) is 17.7 Å². The Morgan fingerprint density at radius 2 is 1.62 bits per heavy atom. The van der Waals surface area contributed by atoms with Gasteiger partial charge in [-0.3, -0.25) is 14.4 Å². The van der Waals surface area contributed by atoms with Gasteiger partial charge < -0.3 is 36.9 Å². The summed E-state index contributed by atoms with van der Waals surface area (Å²) in [7, 11) is 0. The molecule has 0 saturated heterocycles. The van der Waals surface area contributed by atoms with Crippen molar-refractivity contribution in [2.45, 2.75) is 51.2 Å². The van der Waals surface area contributed by atoms with Gasteiger partial charge in [-0.05, 0) is 35.2 Å². The van der Waals surface area contributed by atoms with Crippen molar-refractivity contribution in [3.8, 4) is 5.75 Å². The van der Waals surface area contributed by atoms with Crippen molar-refractivity contribution in [2.75, 3.05) is 6.54 Å². The molecule has 3 amide bonds. The van der Waals surface area contributed by atoms with E-state index in [9.17, 15) is 29.4 Å². The quantitative estimate of drug-likeness (QED) is 0.171. The van der Waals surface area contributed by atoms with Crippen molar-refractivity contribution in [1.29, 1.82) is 0 Å². The number of aromatic amines is 1. The van der Waals surface area contributed by atoms with Crippen LogP contribution < -0.4 is 21.7 Å². The Morgan fingerprint density at radius 3 is 2.26 bits per heavy atom. The van der Waals surface area contributed by atoms with Gasteiger partial charge in [-0.2, -0.15) is 0 Å². The largest absolute Gasteiger partial charge is 0.508 e. The van der Waals surface area contributed by atoms with E-state index in [4.69, 9.17) is 5.73 Å². The van der Waals surface area contributed by atoms with E-state index in [2.05, 4.69) is 20.9 Å². The number of aromatic nitrogens is 1. The Labute approximate surface area is 226 Å². The third-order valence-corrected chi connectivity index (χ3v) is 6.72. The SMILES string of the molecule is CCC(C)C(NC(=O)C(Cc1ccc(O)cc1)NC(=O)CN)C(=O)NC(Cc1c[nH]c2ccccc12)C(=O)O. The number of aromatic hydroxyl groups is 1. The van der Waals surface area contributed by atoms with Crippen molar-refractivity contribution in [1.82, 2.24) is 20.9 Å². The molecule has 11 heteroatoms. The topological polar surface area (TPSA) is 187 Å². The van der Waals surface area contributed by atoms with Crippen LogP contribution in [0.25, 0.3) is 10.9 Å². The third-order valence-electron chi connectivity index (χ3n) is 6.72. The first-order valence-corrected chi connectivity index (χ1v) is 12.8. The predicted molar refractivity (Wildman–Crippen MR) is 146 cm³/mol. The normalized spacial score (nSPS) is 14.1. The fourth-order valence-electron chi connectivity index (χ4n) is 4.27. The van der Waals surface area contributed by atoms with Crippen molar-refractivity contribution in [2.24, 2.45) is 11.7 Å². The minimum atomic E-state index is -1.23. The van der Waals surface area contributed by atoms with Crippen molar-refractivity contribution in [3.63, 3.8) is 0 Å². The Kier molecular flexibility index (Phi) is 10.0. The third kappa shape index (κ3) is 7.81. The summed E-state index contributed by atoms with van der Waals surface area (Å²) in [6, 6.07) is 10.3. The number of para-hydroxylation sites is 1. The highest BCUT2D eigenvalue weighted by Crippen LogP contribution is 2.20. The fourth-order valence-corrected chi connectivity index (χ4v) is 4.27. The molecule has 11 nitrogen and oxygen atoms in total. The lowest BCUT2D eigenvalue weighted by molar-refractivity contribution is -0.142. The number of H-pyrrole nitrogens is 1. The lowest BCUT2D eigenvalue weighted by Crippen LogP contribution is -2.58. The maximum atomic E-state index is 13.4. The molecular formula is C28H35N5O6. The Balaban J connectivity index is 1.77. The van der Waals surface area contributed by atoms with Crippen molar-refractivity contribution >= 4 is 34.6 Å². The van der Waals surface area contributed by atoms with E-state index < -0.39 is 41.8 Å². The molecule has 8 N–H and O–H groups in total. The van der Waals surface area contributed by atoms with Crippen LogP contribution in [0.15, 0.2) is 54.7 Å². The molecule has 0 spiro atoms. The first-order chi connectivity index (χ1) is 18.6. The number of benzene rings is 2. The van der Waals surface area contributed by atoms with Crippen LogP contribution in [-0.4, -0.2) is 63.6 Å². The summed E-state index contributed by atoms with van der Waals surface area (Å²) in [5.74, 6) is -3.30. The fraction of sp³-hybridized carbons (Fsp3) is 0.357. The Hall–Kier alpha value is -4.38. The van der Waals surface area contributed by atoms with Gasteiger partial charge in [0.1, 0.15) is 23.9 Å². The van der Waals surface area contributed by atoms with Crippen molar-refractivity contribution in [3.05, 3.63) is 65.9 Å². The molecule has 0 bridgehead atoms. The first kappa shape index (κ1) is 29.2. The Bertz CT molecular complexity index is 1310. The summed E-state index contributed by atoms with van der Waals surface area (Å²) in [4.78, 5) is 53.9. The average molecular weight is 538 g/mol. The van der Waals surface area contributed by atoms with Gasteiger partial charge >= 0.3 is 5.97 Å². The van der Waals surface area contributed by atoms with E-state index in [-0.39, 0.29) is 31.1 Å². The zero-order valence-electron chi connectivity index (χ0n) is 21.9. The van der Waals surface area contributed by atoms with Crippen LogP contribution in [-0.2, 0) is 32.0 Å². The maximum absolute atomic E-state index is 13.4.